The summed E-state index contributed by atoms with van der Waals surface area (Å²) in [5.41, 5.74) is 7.96. The Morgan fingerprint density at radius 3 is 2.85 bits per heavy atom. The average Bonchev–Trinajstić information content (AvgIpc) is 2.73. The Hall–Kier alpha value is -0.340. The standard InChI is InChI=1S/C11H17NS/c1-9(12)11(5-6-11)4-2-10-3-7-13-8-10/h3,7-9H,2,4-6,12H2,1H3. The molecule has 0 radical (unpaired) electrons. The SMILES string of the molecule is CC(N)C1(CCc2ccsc2)CC1. The maximum absolute atomic E-state index is 5.97. The van der Waals surface area contributed by atoms with Crippen molar-refractivity contribution < 1.29 is 0 Å². The lowest BCUT2D eigenvalue weighted by Crippen LogP contribution is -2.28. The van der Waals surface area contributed by atoms with Crippen LogP contribution in [0.25, 0.3) is 0 Å². The molecule has 0 amide bonds. The number of hydrogen-bond acceptors (Lipinski definition) is 2. The highest BCUT2D eigenvalue weighted by Crippen LogP contribution is 2.51. The first-order valence-electron chi connectivity index (χ1n) is 5.00. The highest BCUT2D eigenvalue weighted by Gasteiger charge is 2.44. The molecule has 0 aliphatic heterocycles. The number of thiophene rings is 1. The molecule has 1 aliphatic rings. The molecule has 1 aliphatic carbocycles. The van der Waals surface area contributed by atoms with Crippen LogP contribution in [0.4, 0.5) is 0 Å². The van der Waals surface area contributed by atoms with E-state index in [1.165, 1.54) is 31.2 Å². The number of aryl methyl sites for hydroxylation is 1. The molecule has 0 bridgehead atoms. The topological polar surface area (TPSA) is 26.0 Å². The van der Waals surface area contributed by atoms with Gasteiger partial charge in [-0.1, -0.05) is 0 Å². The maximum atomic E-state index is 5.97. The second kappa shape index (κ2) is 3.43. The van der Waals surface area contributed by atoms with E-state index >= 15 is 0 Å². The lowest BCUT2D eigenvalue weighted by atomic mass is 9.91. The molecule has 1 saturated carbocycles. The van der Waals surface area contributed by atoms with Gasteiger partial charge in [0.15, 0.2) is 0 Å². The van der Waals surface area contributed by atoms with Gasteiger partial charge in [0.1, 0.15) is 0 Å². The van der Waals surface area contributed by atoms with Gasteiger partial charge in [0.05, 0.1) is 0 Å². The van der Waals surface area contributed by atoms with Crippen molar-refractivity contribution in [2.75, 3.05) is 0 Å². The Morgan fingerprint density at radius 2 is 2.38 bits per heavy atom. The molecular formula is C11H17NS. The summed E-state index contributed by atoms with van der Waals surface area (Å²) in [5, 5.41) is 4.40. The van der Waals surface area contributed by atoms with E-state index in [0.717, 1.165) is 0 Å². The molecule has 1 aromatic rings. The monoisotopic (exact) mass is 195 g/mol. The Labute approximate surface area is 84.0 Å². The second-order valence-corrected chi connectivity index (χ2v) is 5.06. The summed E-state index contributed by atoms with van der Waals surface area (Å²) < 4.78 is 0. The van der Waals surface area contributed by atoms with Crippen LogP contribution >= 0.6 is 11.3 Å². The van der Waals surface area contributed by atoms with E-state index in [9.17, 15) is 0 Å². The lowest BCUT2D eigenvalue weighted by Gasteiger charge is -2.18. The summed E-state index contributed by atoms with van der Waals surface area (Å²) in [5.74, 6) is 0. The van der Waals surface area contributed by atoms with Crippen molar-refractivity contribution in [1.82, 2.24) is 0 Å². The van der Waals surface area contributed by atoms with E-state index in [-0.39, 0.29) is 0 Å². The van der Waals surface area contributed by atoms with Gasteiger partial charge in [0.2, 0.25) is 0 Å². The minimum absolute atomic E-state index is 0.381. The van der Waals surface area contributed by atoms with Gasteiger partial charge >= 0.3 is 0 Å². The molecule has 0 saturated heterocycles. The normalized spacial score (nSPS) is 21.4. The first-order valence-corrected chi connectivity index (χ1v) is 5.94. The van der Waals surface area contributed by atoms with E-state index < -0.39 is 0 Å². The molecule has 72 valence electrons. The third kappa shape index (κ3) is 1.94. The van der Waals surface area contributed by atoms with Gasteiger partial charge in [0.25, 0.3) is 0 Å². The minimum Gasteiger partial charge on any atom is -0.327 e. The second-order valence-electron chi connectivity index (χ2n) is 4.28. The van der Waals surface area contributed by atoms with Crippen molar-refractivity contribution in [1.29, 1.82) is 0 Å². The van der Waals surface area contributed by atoms with Crippen LogP contribution < -0.4 is 5.73 Å². The van der Waals surface area contributed by atoms with Gasteiger partial charge in [-0.15, -0.1) is 0 Å². The van der Waals surface area contributed by atoms with E-state index in [1.807, 2.05) is 0 Å². The molecule has 1 aromatic heterocycles. The molecular weight excluding hydrogens is 178 g/mol. The van der Waals surface area contributed by atoms with Crippen molar-refractivity contribution >= 4 is 11.3 Å². The Bertz CT molecular complexity index is 260. The summed E-state index contributed by atoms with van der Waals surface area (Å²) in [6.07, 6.45) is 5.18. The highest BCUT2D eigenvalue weighted by molar-refractivity contribution is 7.07. The third-order valence-electron chi connectivity index (χ3n) is 3.35. The van der Waals surface area contributed by atoms with E-state index in [4.69, 9.17) is 5.73 Å². The third-order valence-corrected chi connectivity index (χ3v) is 4.08. The summed E-state index contributed by atoms with van der Waals surface area (Å²) in [7, 11) is 0. The Morgan fingerprint density at radius 1 is 1.62 bits per heavy atom. The fraction of sp³-hybridized carbons (Fsp3) is 0.636. The van der Waals surface area contributed by atoms with Crippen LogP contribution in [0, 0.1) is 5.41 Å². The largest absolute Gasteiger partial charge is 0.327 e. The first-order chi connectivity index (χ1) is 6.23. The number of nitrogens with two attached hydrogens (primary N) is 1. The molecule has 13 heavy (non-hydrogen) atoms. The van der Waals surface area contributed by atoms with Gasteiger partial charge in [-0.25, -0.2) is 0 Å². The fourth-order valence-corrected chi connectivity index (χ4v) is 2.62. The van der Waals surface area contributed by atoms with Gasteiger partial charge in [0, 0.05) is 6.04 Å². The molecule has 2 N–H and O–H groups in total. The number of hydrogen-bond donors (Lipinski definition) is 1. The highest BCUT2D eigenvalue weighted by atomic mass is 32.1. The molecule has 1 nitrogen and oxygen atoms in total. The molecule has 2 heteroatoms. The van der Waals surface area contributed by atoms with Crippen molar-refractivity contribution in [3.05, 3.63) is 22.4 Å². The average molecular weight is 195 g/mol. The van der Waals surface area contributed by atoms with Crippen LogP contribution in [0.5, 0.6) is 0 Å². The Kier molecular flexibility index (Phi) is 2.43. The van der Waals surface area contributed by atoms with Crippen LogP contribution in [0.1, 0.15) is 31.7 Å². The first kappa shape index (κ1) is 9.22. The van der Waals surface area contributed by atoms with Crippen LogP contribution in [0.15, 0.2) is 16.8 Å². The summed E-state index contributed by atoms with van der Waals surface area (Å²) in [6.45, 7) is 2.15. The van der Waals surface area contributed by atoms with Crippen molar-refractivity contribution in [3.63, 3.8) is 0 Å². The fourth-order valence-electron chi connectivity index (χ4n) is 1.92. The van der Waals surface area contributed by atoms with Gasteiger partial charge in [-0.05, 0) is 60.4 Å². The molecule has 0 spiro atoms. The molecule has 1 heterocycles. The van der Waals surface area contributed by atoms with E-state index in [1.54, 1.807) is 11.3 Å². The molecule has 1 atom stereocenters. The van der Waals surface area contributed by atoms with Crippen molar-refractivity contribution in [2.24, 2.45) is 11.1 Å². The zero-order chi connectivity index (χ0) is 9.31. The number of rotatable bonds is 4. The van der Waals surface area contributed by atoms with Crippen LogP contribution in [0.3, 0.4) is 0 Å². The summed E-state index contributed by atoms with van der Waals surface area (Å²) in [4.78, 5) is 0. The van der Waals surface area contributed by atoms with Gasteiger partial charge in [-0.3, -0.25) is 0 Å². The van der Waals surface area contributed by atoms with Crippen molar-refractivity contribution in [2.45, 2.75) is 38.6 Å². The smallest absolute Gasteiger partial charge is 0.00671 e. The summed E-state index contributed by atoms with van der Waals surface area (Å²) in [6, 6.07) is 2.60. The Balaban J connectivity index is 1.86. The summed E-state index contributed by atoms with van der Waals surface area (Å²) >= 11 is 1.79. The van der Waals surface area contributed by atoms with Crippen LogP contribution in [-0.2, 0) is 6.42 Å². The maximum Gasteiger partial charge on any atom is 0.00671 e. The van der Waals surface area contributed by atoms with Gasteiger partial charge < -0.3 is 5.73 Å². The van der Waals surface area contributed by atoms with E-state index in [2.05, 4.69) is 23.8 Å². The predicted octanol–water partition coefficient (Wildman–Crippen LogP) is 2.81. The van der Waals surface area contributed by atoms with Crippen LogP contribution in [0.2, 0.25) is 0 Å². The van der Waals surface area contributed by atoms with Gasteiger partial charge in [-0.2, -0.15) is 11.3 Å². The molecule has 1 unspecified atom stereocenters. The minimum atomic E-state index is 0.381. The molecule has 1 fully saturated rings. The van der Waals surface area contributed by atoms with Crippen LogP contribution in [-0.4, -0.2) is 6.04 Å². The molecule has 2 rings (SSSR count). The zero-order valence-electron chi connectivity index (χ0n) is 8.12. The molecule has 0 aromatic carbocycles. The lowest BCUT2D eigenvalue weighted by molar-refractivity contribution is 0.390. The predicted molar refractivity (Wildman–Crippen MR) is 58.0 cm³/mol. The van der Waals surface area contributed by atoms with E-state index in [0.29, 0.717) is 11.5 Å². The van der Waals surface area contributed by atoms with Crippen molar-refractivity contribution in [3.8, 4) is 0 Å². The quantitative estimate of drug-likeness (QED) is 0.785. The zero-order valence-corrected chi connectivity index (χ0v) is 8.94.